The van der Waals surface area contributed by atoms with E-state index in [0.29, 0.717) is 30.7 Å². The van der Waals surface area contributed by atoms with E-state index in [-0.39, 0.29) is 11.8 Å². The second-order valence-electron chi connectivity index (χ2n) is 7.67. The fourth-order valence-corrected chi connectivity index (χ4v) is 4.38. The van der Waals surface area contributed by atoms with Crippen molar-refractivity contribution in [2.45, 2.75) is 56.1 Å². The van der Waals surface area contributed by atoms with Crippen LogP contribution in [0.15, 0.2) is 29.2 Å². The second kappa shape index (κ2) is 8.94. The molecule has 0 radical (unpaired) electrons. The molecule has 2 aliphatic rings. The van der Waals surface area contributed by atoms with Gasteiger partial charge >= 0.3 is 0 Å². The molecule has 1 aliphatic carbocycles. The molecule has 4 nitrogen and oxygen atoms in total. The van der Waals surface area contributed by atoms with Gasteiger partial charge in [-0.25, -0.2) is 0 Å². The minimum absolute atomic E-state index is 0.173. The Balaban J connectivity index is 1.50. The van der Waals surface area contributed by atoms with Crippen LogP contribution in [0, 0.1) is 5.92 Å². The minimum Gasteiger partial charge on any atom is -0.341 e. The Morgan fingerprint density at radius 3 is 2.27 bits per heavy atom. The predicted molar refractivity (Wildman–Crippen MR) is 106 cm³/mol. The third kappa shape index (κ3) is 5.03. The minimum atomic E-state index is 0.173. The third-order valence-corrected chi connectivity index (χ3v) is 6.28. The molecular formula is C21H30N2O2S. The van der Waals surface area contributed by atoms with Gasteiger partial charge < -0.3 is 9.80 Å². The number of thioether (sulfide) groups is 1. The number of nitrogens with zero attached hydrogens (tertiary/aromatic N) is 2. The lowest BCUT2D eigenvalue weighted by atomic mass is 9.84. The zero-order valence-electron chi connectivity index (χ0n) is 15.9. The lowest BCUT2D eigenvalue weighted by molar-refractivity contribution is -0.138. The summed E-state index contributed by atoms with van der Waals surface area (Å²) in [6, 6.07) is 8.34. The van der Waals surface area contributed by atoms with Crippen molar-refractivity contribution in [3.05, 3.63) is 29.8 Å². The number of carbonyl (C=O) groups is 2. The van der Waals surface area contributed by atoms with E-state index in [1.165, 1.54) is 11.3 Å². The molecule has 142 valence electrons. The Morgan fingerprint density at radius 2 is 1.65 bits per heavy atom. The predicted octanol–water partition coefficient (Wildman–Crippen LogP) is 3.59. The first-order chi connectivity index (χ1) is 12.5. The van der Waals surface area contributed by atoms with Gasteiger partial charge in [-0.1, -0.05) is 32.4 Å². The topological polar surface area (TPSA) is 40.6 Å². The van der Waals surface area contributed by atoms with E-state index < -0.39 is 0 Å². The molecule has 0 atom stereocenters. The number of rotatable bonds is 5. The van der Waals surface area contributed by atoms with Gasteiger partial charge in [0, 0.05) is 42.2 Å². The van der Waals surface area contributed by atoms with Crippen LogP contribution in [0.25, 0.3) is 0 Å². The van der Waals surface area contributed by atoms with E-state index in [2.05, 4.69) is 38.1 Å². The maximum absolute atomic E-state index is 12.7. The third-order valence-electron chi connectivity index (χ3n) is 5.27. The first-order valence-corrected chi connectivity index (χ1v) is 10.7. The number of amides is 2. The first-order valence-electron chi connectivity index (χ1n) is 9.85. The molecule has 1 aliphatic heterocycles. The van der Waals surface area contributed by atoms with Crippen LogP contribution in [-0.2, 0) is 16.0 Å². The summed E-state index contributed by atoms with van der Waals surface area (Å²) >= 11 is 1.84. The molecule has 3 rings (SSSR count). The van der Waals surface area contributed by atoms with E-state index in [0.717, 1.165) is 37.9 Å². The summed E-state index contributed by atoms with van der Waals surface area (Å²) in [5.74, 6) is 0.732. The molecule has 1 aromatic carbocycles. The van der Waals surface area contributed by atoms with Crippen molar-refractivity contribution in [1.29, 1.82) is 0 Å². The molecule has 2 amide bonds. The fourth-order valence-electron chi connectivity index (χ4n) is 3.55. The number of carbonyl (C=O) groups excluding carboxylic acids is 2. The van der Waals surface area contributed by atoms with Gasteiger partial charge in [0.2, 0.25) is 11.8 Å². The standard InChI is InChI=1S/C21H30N2O2S/c1-16(2)26-19-9-7-17(8-10-19)15-20(24)22-11-4-12-23(14-13-22)21(25)18-5-3-6-18/h7-10,16,18H,3-6,11-15H2,1-2H3. The molecule has 1 aromatic rings. The Morgan fingerprint density at radius 1 is 1.00 bits per heavy atom. The van der Waals surface area contributed by atoms with Gasteiger partial charge in [0.15, 0.2) is 0 Å². The molecule has 26 heavy (non-hydrogen) atoms. The molecule has 0 aromatic heterocycles. The number of hydrogen-bond donors (Lipinski definition) is 0. The summed E-state index contributed by atoms with van der Waals surface area (Å²) in [6.07, 6.45) is 4.60. The SMILES string of the molecule is CC(C)Sc1ccc(CC(=O)N2CCCN(C(=O)C3CCC3)CC2)cc1. The van der Waals surface area contributed by atoms with Gasteiger partial charge in [-0.05, 0) is 37.0 Å². The fraction of sp³-hybridized carbons (Fsp3) is 0.619. The van der Waals surface area contributed by atoms with Crippen LogP contribution in [-0.4, -0.2) is 53.0 Å². The largest absolute Gasteiger partial charge is 0.341 e. The Hall–Kier alpha value is -1.49. The lowest BCUT2D eigenvalue weighted by Gasteiger charge is -2.31. The van der Waals surface area contributed by atoms with E-state index >= 15 is 0 Å². The van der Waals surface area contributed by atoms with Crippen LogP contribution in [0.1, 0.15) is 45.1 Å². The maximum atomic E-state index is 12.7. The molecule has 0 bridgehead atoms. The highest BCUT2D eigenvalue weighted by molar-refractivity contribution is 7.99. The van der Waals surface area contributed by atoms with Gasteiger partial charge in [0.1, 0.15) is 0 Å². The van der Waals surface area contributed by atoms with Gasteiger partial charge in [-0.3, -0.25) is 9.59 Å². The average Bonchev–Trinajstić information content (AvgIpc) is 2.80. The zero-order valence-corrected chi connectivity index (χ0v) is 16.8. The van der Waals surface area contributed by atoms with E-state index in [1.54, 1.807) is 0 Å². The maximum Gasteiger partial charge on any atom is 0.227 e. The van der Waals surface area contributed by atoms with Crippen molar-refractivity contribution >= 4 is 23.6 Å². The molecule has 1 saturated carbocycles. The van der Waals surface area contributed by atoms with E-state index in [4.69, 9.17) is 0 Å². The second-order valence-corrected chi connectivity index (χ2v) is 9.32. The van der Waals surface area contributed by atoms with Crippen molar-refractivity contribution in [2.75, 3.05) is 26.2 Å². The molecule has 2 fully saturated rings. The molecule has 1 heterocycles. The van der Waals surface area contributed by atoms with Crippen LogP contribution < -0.4 is 0 Å². The Labute approximate surface area is 161 Å². The zero-order chi connectivity index (χ0) is 18.5. The van der Waals surface area contributed by atoms with Crippen molar-refractivity contribution in [2.24, 2.45) is 5.92 Å². The van der Waals surface area contributed by atoms with Gasteiger partial charge in [0.25, 0.3) is 0 Å². The van der Waals surface area contributed by atoms with Crippen molar-refractivity contribution in [1.82, 2.24) is 9.80 Å². The number of hydrogen-bond acceptors (Lipinski definition) is 3. The van der Waals surface area contributed by atoms with Crippen molar-refractivity contribution < 1.29 is 9.59 Å². The highest BCUT2D eigenvalue weighted by Crippen LogP contribution is 2.28. The molecule has 5 heteroatoms. The summed E-state index contributed by atoms with van der Waals surface area (Å²) in [5.41, 5.74) is 1.06. The molecule has 1 saturated heterocycles. The van der Waals surface area contributed by atoms with E-state index in [9.17, 15) is 9.59 Å². The smallest absolute Gasteiger partial charge is 0.227 e. The monoisotopic (exact) mass is 374 g/mol. The van der Waals surface area contributed by atoms with Gasteiger partial charge in [-0.2, -0.15) is 0 Å². The molecule has 0 unspecified atom stereocenters. The normalized spacial score (nSPS) is 18.6. The van der Waals surface area contributed by atoms with Crippen molar-refractivity contribution in [3.8, 4) is 0 Å². The summed E-state index contributed by atoms with van der Waals surface area (Å²) in [4.78, 5) is 30.3. The van der Waals surface area contributed by atoms with Gasteiger partial charge in [-0.15, -0.1) is 11.8 Å². The summed E-state index contributed by atoms with van der Waals surface area (Å²) < 4.78 is 0. The number of benzene rings is 1. The highest BCUT2D eigenvalue weighted by atomic mass is 32.2. The van der Waals surface area contributed by atoms with Crippen LogP contribution in [0.2, 0.25) is 0 Å². The summed E-state index contributed by atoms with van der Waals surface area (Å²) in [6.45, 7) is 7.26. The van der Waals surface area contributed by atoms with E-state index in [1.807, 2.05) is 21.6 Å². The summed E-state index contributed by atoms with van der Waals surface area (Å²) in [5, 5.41) is 0.560. The Kier molecular flexibility index (Phi) is 6.63. The van der Waals surface area contributed by atoms with Crippen LogP contribution in [0.3, 0.4) is 0 Å². The first kappa shape index (κ1) is 19.3. The molecule has 0 spiro atoms. The van der Waals surface area contributed by atoms with Gasteiger partial charge in [0.05, 0.1) is 6.42 Å². The Bertz CT molecular complexity index is 625. The highest BCUT2D eigenvalue weighted by Gasteiger charge is 2.30. The summed E-state index contributed by atoms with van der Waals surface area (Å²) in [7, 11) is 0. The van der Waals surface area contributed by atoms with Crippen LogP contribution >= 0.6 is 11.8 Å². The quantitative estimate of drug-likeness (QED) is 0.740. The lowest BCUT2D eigenvalue weighted by Crippen LogP contribution is -2.41. The van der Waals surface area contributed by atoms with Crippen LogP contribution in [0.4, 0.5) is 0 Å². The molecular weight excluding hydrogens is 344 g/mol. The average molecular weight is 375 g/mol. The van der Waals surface area contributed by atoms with Crippen LogP contribution in [0.5, 0.6) is 0 Å². The molecule has 0 N–H and O–H groups in total. The van der Waals surface area contributed by atoms with Crippen molar-refractivity contribution in [3.63, 3.8) is 0 Å².